The minimum atomic E-state index is -0.429. The Morgan fingerprint density at radius 3 is 1.88 bits per heavy atom. The zero-order chi connectivity index (χ0) is 31.4. The fourth-order valence-electron chi connectivity index (χ4n) is 9.49. The van der Waals surface area contributed by atoms with Crippen molar-refractivity contribution in [2.45, 2.75) is 18.3 Å². The number of benzene rings is 7. The molecule has 7 aromatic rings. The zero-order valence-electron chi connectivity index (χ0n) is 26.4. The number of hydrogen-bond donors (Lipinski definition) is 0. The second kappa shape index (κ2) is 9.56. The first-order valence-electron chi connectivity index (χ1n) is 17.1. The lowest BCUT2D eigenvalue weighted by molar-refractivity contribution is 0.794. The minimum absolute atomic E-state index is 0.429. The van der Waals surface area contributed by atoms with Gasteiger partial charge in [-0.15, -0.1) is 0 Å². The van der Waals surface area contributed by atoms with Crippen LogP contribution >= 0.6 is 0 Å². The van der Waals surface area contributed by atoms with Gasteiger partial charge in [-0.2, -0.15) is 0 Å². The van der Waals surface area contributed by atoms with Crippen LogP contribution in [0.3, 0.4) is 0 Å². The summed E-state index contributed by atoms with van der Waals surface area (Å²) in [5.74, 6) is 0. The van der Waals surface area contributed by atoms with Crippen molar-refractivity contribution in [2.24, 2.45) is 0 Å². The smallest absolute Gasteiger partial charge is 0.0726 e. The standard InChI is InChI=1S/C47H31N/c1-3-14-30(15-4-1)48(31-16-5-2-6-17-31)32-26-27-36-35-20-9-11-24-41(35)47(43(36)28-32)42-25-12-10-21-38(42)46-39-23-13-22-37-33-18-7-8-19-34(33)40(45(37)39)29-44(46)47/h1-7,9-18,20-29H,8,19H2. The Labute approximate surface area is 280 Å². The topological polar surface area (TPSA) is 3.24 Å². The molecule has 1 unspecified atom stereocenters. The lowest BCUT2D eigenvalue weighted by Crippen LogP contribution is -2.26. The van der Waals surface area contributed by atoms with Crippen LogP contribution < -0.4 is 4.90 Å². The number of para-hydroxylation sites is 2. The van der Waals surface area contributed by atoms with Crippen LogP contribution in [0.5, 0.6) is 0 Å². The van der Waals surface area contributed by atoms with Crippen molar-refractivity contribution in [3.05, 3.63) is 197 Å². The predicted molar refractivity (Wildman–Crippen MR) is 200 cm³/mol. The van der Waals surface area contributed by atoms with Gasteiger partial charge >= 0.3 is 0 Å². The SMILES string of the molecule is C1=CC2=C(CC1)c1cc3c(c4cccc2c14)-c1ccccc1C31c2ccccc2-c2ccc(N(c3ccccc3)c3ccccc3)cc21. The van der Waals surface area contributed by atoms with Gasteiger partial charge in [-0.3, -0.25) is 0 Å². The van der Waals surface area contributed by atoms with Gasteiger partial charge in [0.05, 0.1) is 5.41 Å². The summed E-state index contributed by atoms with van der Waals surface area (Å²) in [6.07, 6.45) is 6.91. The molecule has 0 saturated carbocycles. The second-order valence-corrected chi connectivity index (χ2v) is 13.5. The maximum Gasteiger partial charge on any atom is 0.0726 e. The highest BCUT2D eigenvalue weighted by Crippen LogP contribution is 2.65. The molecule has 7 aromatic carbocycles. The fourth-order valence-corrected chi connectivity index (χ4v) is 9.49. The molecule has 0 saturated heterocycles. The molecular formula is C47H31N. The molecule has 0 aromatic heterocycles. The quantitative estimate of drug-likeness (QED) is 0.193. The van der Waals surface area contributed by atoms with Gasteiger partial charge in [0.1, 0.15) is 0 Å². The molecule has 11 rings (SSSR count). The Morgan fingerprint density at radius 2 is 1.10 bits per heavy atom. The summed E-state index contributed by atoms with van der Waals surface area (Å²) < 4.78 is 0. The first-order valence-corrected chi connectivity index (χ1v) is 17.1. The average Bonchev–Trinajstić information content (AvgIpc) is 3.75. The third kappa shape index (κ3) is 3.21. The Hall–Kier alpha value is -5.92. The molecule has 0 N–H and O–H groups in total. The number of nitrogens with zero attached hydrogens (tertiary/aromatic N) is 1. The van der Waals surface area contributed by atoms with E-state index in [-0.39, 0.29) is 0 Å². The number of hydrogen-bond acceptors (Lipinski definition) is 1. The van der Waals surface area contributed by atoms with Crippen LogP contribution in [0, 0.1) is 0 Å². The molecular weight excluding hydrogens is 579 g/mol. The summed E-state index contributed by atoms with van der Waals surface area (Å²) in [6, 6.07) is 56.7. The van der Waals surface area contributed by atoms with Gasteiger partial charge in [0.15, 0.2) is 0 Å². The molecule has 0 radical (unpaired) electrons. The van der Waals surface area contributed by atoms with Crippen LogP contribution in [0.2, 0.25) is 0 Å². The molecule has 0 amide bonds. The van der Waals surface area contributed by atoms with Gasteiger partial charge in [0.2, 0.25) is 0 Å². The van der Waals surface area contributed by atoms with Crippen LogP contribution in [0.1, 0.15) is 46.2 Å². The summed E-state index contributed by atoms with van der Waals surface area (Å²) in [5, 5.41) is 2.81. The molecule has 224 valence electrons. The molecule has 0 aliphatic heterocycles. The number of rotatable bonds is 3. The Morgan fingerprint density at radius 1 is 0.458 bits per heavy atom. The normalized spacial score (nSPS) is 17.3. The molecule has 1 atom stereocenters. The van der Waals surface area contributed by atoms with Crippen molar-refractivity contribution in [3.63, 3.8) is 0 Å². The lowest BCUT2D eigenvalue weighted by atomic mass is 9.70. The van der Waals surface area contributed by atoms with Crippen molar-refractivity contribution >= 4 is 39.0 Å². The van der Waals surface area contributed by atoms with E-state index in [1.165, 1.54) is 83.2 Å². The van der Waals surface area contributed by atoms with E-state index in [1.54, 1.807) is 0 Å². The summed E-state index contributed by atoms with van der Waals surface area (Å²) >= 11 is 0. The van der Waals surface area contributed by atoms with Crippen LogP contribution in [-0.2, 0) is 5.41 Å². The van der Waals surface area contributed by atoms with E-state index in [0.29, 0.717) is 0 Å². The van der Waals surface area contributed by atoms with Crippen molar-refractivity contribution < 1.29 is 0 Å². The molecule has 0 bridgehead atoms. The van der Waals surface area contributed by atoms with Crippen LogP contribution in [0.25, 0.3) is 44.2 Å². The Kier molecular flexibility index (Phi) is 5.21. The van der Waals surface area contributed by atoms with Crippen LogP contribution in [-0.4, -0.2) is 0 Å². The van der Waals surface area contributed by atoms with Gasteiger partial charge in [0, 0.05) is 17.1 Å². The third-order valence-corrected chi connectivity index (χ3v) is 11.3. The monoisotopic (exact) mass is 609 g/mol. The summed E-state index contributed by atoms with van der Waals surface area (Å²) in [6.45, 7) is 0. The highest BCUT2D eigenvalue weighted by Gasteiger charge is 2.53. The van der Waals surface area contributed by atoms with E-state index < -0.39 is 5.41 Å². The van der Waals surface area contributed by atoms with Gasteiger partial charge in [-0.25, -0.2) is 0 Å². The van der Waals surface area contributed by atoms with Crippen LogP contribution in [0.4, 0.5) is 17.1 Å². The molecule has 1 heteroatoms. The number of allylic oxidation sites excluding steroid dienone is 4. The molecule has 4 aliphatic carbocycles. The summed E-state index contributed by atoms with van der Waals surface area (Å²) in [5.41, 5.74) is 19.7. The molecule has 0 fully saturated rings. The highest BCUT2D eigenvalue weighted by molar-refractivity contribution is 6.21. The van der Waals surface area contributed by atoms with E-state index in [0.717, 1.165) is 24.2 Å². The van der Waals surface area contributed by atoms with Gasteiger partial charge in [-0.05, 0) is 133 Å². The second-order valence-electron chi connectivity index (χ2n) is 13.5. The molecule has 48 heavy (non-hydrogen) atoms. The largest absolute Gasteiger partial charge is 0.310 e. The maximum atomic E-state index is 2.60. The van der Waals surface area contributed by atoms with Crippen molar-refractivity contribution in [2.75, 3.05) is 4.90 Å². The fraction of sp³-hybridized carbons (Fsp3) is 0.0638. The minimum Gasteiger partial charge on any atom is -0.310 e. The van der Waals surface area contributed by atoms with Crippen molar-refractivity contribution in [1.82, 2.24) is 0 Å². The van der Waals surface area contributed by atoms with E-state index in [4.69, 9.17) is 0 Å². The Bertz CT molecular complexity index is 2510. The van der Waals surface area contributed by atoms with Gasteiger partial charge in [0.25, 0.3) is 0 Å². The lowest BCUT2D eigenvalue weighted by Gasteiger charge is -2.32. The molecule has 1 spiro atoms. The highest BCUT2D eigenvalue weighted by atomic mass is 15.1. The predicted octanol–water partition coefficient (Wildman–Crippen LogP) is 12.2. The zero-order valence-corrected chi connectivity index (χ0v) is 26.4. The average molecular weight is 610 g/mol. The summed E-state index contributed by atoms with van der Waals surface area (Å²) in [7, 11) is 0. The Balaban J connectivity index is 1.26. The summed E-state index contributed by atoms with van der Waals surface area (Å²) in [4.78, 5) is 2.40. The first kappa shape index (κ1) is 26.2. The van der Waals surface area contributed by atoms with Gasteiger partial charge in [-0.1, -0.05) is 121 Å². The van der Waals surface area contributed by atoms with E-state index in [2.05, 4.69) is 169 Å². The maximum absolute atomic E-state index is 2.60. The van der Waals surface area contributed by atoms with E-state index >= 15 is 0 Å². The third-order valence-electron chi connectivity index (χ3n) is 11.3. The van der Waals surface area contributed by atoms with Gasteiger partial charge < -0.3 is 4.90 Å². The van der Waals surface area contributed by atoms with Crippen LogP contribution in [0.15, 0.2) is 164 Å². The number of fused-ring (bicyclic) bond motifs is 13. The van der Waals surface area contributed by atoms with Crippen molar-refractivity contribution in [3.8, 4) is 22.3 Å². The first-order chi connectivity index (χ1) is 23.8. The molecule has 1 nitrogen and oxygen atoms in total. The van der Waals surface area contributed by atoms with E-state index in [9.17, 15) is 0 Å². The van der Waals surface area contributed by atoms with E-state index in [1.807, 2.05) is 0 Å². The number of anilines is 3. The molecule has 4 aliphatic rings. The molecule has 0 heterocycles. The van der Waals surface area contributed by atoms with Crippen molar-refractivity contribution in [1.29, 1.82) is 0 Å².